The number of likely N-dealkylation sites (N-methyl/N-ethyl adjacent to an activating group) is 2. The normalized spacial score (nSPS) is 17.0. The van der Waals surface area contributed by atoms with Gasteiger partial charge in [-0.3, -0.25) is 4.79 Å². The van der Waals surface area contributed by atoms with Gasteiger partial charge in [0.1, 0.15) is 5.82 Å². The molecule has 0 spiro atoms. The number of hydrogen-bond donors (Lipinski definition) is 1. The number of nitrogens with zero attached hydrogens (tertiary/aromatic N) is 8. The number of fused-ring (bicyclic) bond motifs is 1. The van der Waals surface area contributed by atoms with Crippen LogP contribution >= 0.6 is 11.3 Å². The number of rotatable bonds is 9. The summed E-state index contributed by atoms with van der Waals surface area (Å²) in [6, 6.07) is 10.6. The Kier molecular flexibility index (Phi) is 7.31. The van der Waals surface area contributed by atoms with Crippen LogP contribution in [0, 0.1) is 0 Å². The largest absolute Gasteiger partial charge is 0.358 e. The van der Waals surface area contributed by atoms with E-state index in [0.29, 0.717) is 42.1 Å². The van der Waals surface area contributed by atoms with Crippen molar-refractivity contribution in [1.29, 1.82) is 0 Å². The summed E-state index contributed by atoms with van der Waals surface area (Å²) in [5, 5.41) is 10.2. The highest BCUT2D eigenvalue weighted by atomic mass is 32.1. The van der Waals surface area contributed by atoms with Gasteiger partial charge in [-0.05, 0) is 49.4 Å². The van der Waals surface area contributed by atoms with E-state index >= 15 is 0 Å². The van der Waals surface area contributed by atoms with Crippen molar-refractivity contribution in [1.82, 2.24) is 39.3 Å². The van der Waals surface area contributed by atoms with E-state index in [1.807, 2.05) is 65.6 Å². The molecule has 1 aliphatic rings. The standard InChI is InChI=1S/C29H33N9OS/c1-20-6-7-22(32-20)18-36(3)29(39)21-15-25(33-27(16-21)35(2)12-13-37-11-9-30-19-37)23-17-31-38-10-8-24(34-28(23)38)26-5-4-14-40-26/h4-5,8-11,14-17,19-20,22,32H,6-7,12-13,18H2,1-3H3. The second-order valence-electron chi connectivity index (χ2n) is 10.5. The van der Waals surface area contributed by atoms with Gasteiger partial charge in [0.2, 0.25) is 0 Å². The summed E-state index contributed by atoms with van der Waals surface area (Å²) in [7, 11) is 3.87. The van der Waals surface area contributed by atoms with Gasteiger partial charge in [0.15, 0.2) is 5.65 Å². The number of imidazole rings is 1. The van der Waals surface area contributed by atoms with E-state index in [1.54, 1.807) is 34.6 Å². The molecule has 11 heteroatoms. The Balaban J connectivity index is 1.35. The molecular weight excluding hydrogens is 522 g/mol. The fraction of sp³-hybridized carbons (Fsp3) is 0.345. The van der Waals surface area contributed by atoms with E-state index in [4.69, 9.17) is 9.97 Å². The van der Waals surface area contributed by atoms with Crippen LogP contribution in [0.1, 0.15) is 30.1 Å². The summed E-state index contributed by atoms with van der Waals surface area (Å²) < 4.78 is 3.78. The summed E-state index contributed by atoms with van der Waals surface area (Å²) in [6.07, 6.45) is 11.4. The van der Waals surface area contributed by atoms with Crippen LogP contribution in [-0.4, -0.2) is 79.2 Å². The number of anilines is 1. The Labute approximate surface area is 237 Å². The third-order valence-electron chi connectivity index (χ3n) is 7.43. The maximum absolute atomic E-state index is 13.7. The predicted octanol–water partition coefficient (Wildman–Crippen LogP) is 4.07. The van der Waals surface area contributed by atoms with Crippen LogP contribution in [-0.2, 0) is 6.54 Å². The van der Waals surface area contributed by atoms with E-state index in [2.05, 4.69) is 33.3 Å². The molecule has 0 saturated carbocycles. The molecule has 1 N–H and O–H groups in total. The van der Waals surface area contributed by atoms with E-state index < -0.39 is 0 Å². The summed E-state index contributed by atoms with van der Waals surface area (Å²) in [4.78, 5) is 32.8. The van der Waals surface area contributed by atoms with Crippen molar-refractivity contribution in [2.45, 2.75) is 38.4 Å². The molecule has 6 heterocycles. The first-order chi connectivity index (χ1) is 19.4. The van der Waals surface area contributed by atoms with Gasteiger partial charge in [0.05, 0.1) is 34.4 Å². The van der Waals surface area contributed by atoms with Crippen LogP contribution in [0.15, 0.2) is 66.8 Å². The highest BCUT2D eigenvalue weighted by Gasteiger charge is 2.25. The summed E-state index contributed by atoms with van der Waals surface area (Å²) >= 11 is 1.65. The first-order valence-corrected chi connectivity index (χ1v) is 14.4. The van der Waals surface area contributed by atoms with Crippen LogP contribution < -0.4 is 10.2 Å². The number of aromatic nitrogens is 6. The third kappa shape index (κ3) is 5.47. The summed E-state index contributed by atoms with van der Waals surface area (Å²) in [6.45, 7) is 4.31. The Hall–Kier alpha value is -4.09. The molecule has 2 atom stereocenters. The van der Waals surface area contributed by atoms with Crippen LogP contribution in [0.5, 0.6) is 0 Å². The molecule has 1 amide bonds. The maximum Gasteiger partial charge on any atom is 0.253 e. The number of nitrogens with one attached hydrogen (secondary N) is 1. The molecule has 40 heavy (non-hydrogen) atoms. The van der Waals surface area contributed by atoms with Gasteiger partial charge < -0.3 is 19.7 Å². The topological polar surface area (TPSA) is 96.5 Å². The molecule has 5 aromatic rings. The smallest absolute Gasteiger partial charge is 0.253 e. The zero-order chi connectivity index (χ0) is 27.6. The number of hydrogen-bond acceptors (Lipinski definition) is 8. The lowest BCUT2D eigenvalue weighted by Crippen LogP contribution is -2.40. The monoisotopic (exact) mass is 555 g/mol. The summed E-state index contributed by atoms with van der Waals surface area (Å²) in [5.41, 5.74) is 3.63. The SMILES string of the molecule is CC1CCC(CN(C)C(=O)c2cc(-c3cnn4ccc(-c5cccs5)nc34)nc(N(C)CCn3ccnc3)c2)N1. The Morgan fingerprint density at radius 1 is 1.15 bits per heavy atom. The number of thiophene rings is 1. The van der Waals surface area contributed by atoms with Crippen molar-refractivity contribution in [2.75, 3.05) is 32.1 Å². The molecule has 0 aromatic carbocycles. The lowest BCUT2D eigenvalue weighted by atomic mass is 10.1. The maximum atomic E-state index is 13.7. The molecule has 206 valence electrons. The fourth-order valence-electron chi connectivity index (χ4n) is 5.18. The second kappa shape index (κ2) is 11.2. The van der Waals surface area contributed by atoms with Gasteiger partial charge >= 0.3 is 0 Å². The van der Waals surface area contributed by atoms with Crippen molar-refractivity contribution in [3.8, 4) is 21.8 Å². The number of carbonyl (C=O) groups excluding carboxylic acids is 1. The Morgan fingerprint density at radius 2 is 2.05 bits per heavy atom. The van der Waals surface area contributed by atoms with Crippen molar-refractivity contribution >= 4 is 28.7 Å². The average Bonchev–Trinajstić information content (AvgIpc) is 3.78. The van der Waals surface area contributed by atoms with Crippen molar-refractivity contribution in [3.63, 3.8) is 0 Å². The summed E-state index contributed by atoms with van der Waals surface area (Å²) in [5.74, 6) is 0.689. The van der Waals surface area contributed by atoms with Crippen LogP contribution in [0.25, 0.3) is 27.5 Å². The highest BCUT2D eigenvalue weighted by molar-refractivity contribution is 7.13. The van der Waals surface area contributed by atoms with Gasteiger partial charge in [-0.2, -0.15) is 5.10 Å². The zero-order valence-electron chi connectivity index (χ0n) is 22.9. The van der Waals surface area contributed by atoms with Crippen LogP contribution in [0.2, 0.25) is 0 Å². The van der Waals surface area contributed by atoms with E-state index in [0.717, 1.165) is 41.3 Å². The zero-order valence-corrected chi connectivity index (χ0v) is 23.8. The van der Waals surface area contributed by atoms with Crippen LogP contribution in [0.3, 0.4) is 0 Å². The van der Waals surface area contributed by atoms with E-state index in [9.17, 15) is 4.79 Å². The number of pyridine rings is 1. The average molecular weight is 556 g/mol. The van der Waals surface area contributed by atoms with Gasteiger partial charge in [-0.15, -0.1) is 11.3 Å². The molecule has 0 radical (unpaired) electrons. The molecule has 2 unspecified atom stereocenters. The molecule has 1 saturated heterocycles. The van der Waals surface area contributed by atoms with Crippen molar-refractivity contribution in [2.24, 2.45) is 0 Å². The minimum atomic E-state index is -0.0297. The van der Waals surface area contributed by atoms with Crippen molar-refractivity contribution in [3.05, 3.63) is 72.4 Å². The number of amides is 1. The van der Waals surface area contributed by atoms with Gasteiger partial charge in [0.25, 0.3) is 5.91 Å². The van der Waals surface area contributed by atoms with E-state index in [-0.39, 0.29) is 5.91 Å². The number of carbonyl (C=O) groups is 1. The first-order valence-electron chi connectivity index (χ1n) is 13.5. The van der Waals surface area contributed by atoms with Gasteiger partial charge in [0, 0.05) is 70.0 Å². The quantitative estimate of drug-likeness (QED) is 0.293. The van der Waals surface area contributed by atoms with Crippen LogP contribution in [0.4, 0.5) is 5.82 Å². The molecule has 0 aliphatic carbocycles. The lowest BCUT2D eigenvalue weighted by Gasteiger charge is -2.24. The first kappa shape index (κ1) is 26.1. The lowest BCUT2D eigenvalue weighted by molar-refractivity contribution is 0.0783. The molecule has 1 fully saturated rings. The minimum Gasteiger partial charge on any atom is -0.358 e. The highest BCUT2D eigenvalue weighted by Crippen LogP contribution is 2.29. The third-order valence-corrected chi connectivity index (χ3v) is 8.32. The molecule has 10 nitrogen and oxygen atoms in total. The Morgan fingerprint density at radius 3 is 2.80 bits per heavy atom. The second-order valence-corrected chi connectivity index (χ2v) is 11.4. The molecular formula is C29H33N9OS. The van der Waals surface area contributed by atoms with Gasteiger partial charge in [-0.25, -0.2) is 19.5 Å². The van der Waals surface area contributed by atoms with Gasteiger partial charge in [-0.1, -0.05) is 6.07 Å². The molecule has 5 aromatic heterocycles. The Bertz CT molecular complexity index is 1600. The minimum absolute atomic E-state index is 0.0297. The molecule has 0 bridgehead atoms. The molecule has 6 rings (SSSR count). The van der Waals surface area contributed by atoms with E-state index in [1.165, 1.54) is 0 Å². The predicted molar refractivity (Wildman–Crippen MR) is 158 cm³/mol. The fourth-order valence-corrected chi connectivity index (χ4v) is 5.88. The molecule has 1 aliphatic heterocycles. The van der Waals surface area contributed by atoms with Crippen molar-refractivity contribution < 1.29 is 4.79 Å².